The average Bonchev–Trinajstić information content (AvgIpc) is 3.08. The van der Waals surface area contributed by atoms with E-state index in [-0.39, 0.29) is 45.7 Å². The van der Waals surface area contributed by atoms with E-state index in [4.69, 9.17) is 0 Å². The third-order valence-corrected chi connectivity index (χ3v) is 12.4. The van der Waals surface area contributed by atoms with Gasteiger partial charge in [0.25, 0.3) is 0 Å². The first-order valence-corrected chi connectivity index (χ1v) is 13.8. The van der Waals surface area contributed by atoms with Crippen molar-refractivity contribution in [3.8, 4) is 0 Å². The topological polar surface area (TPSA) is 60.7 Å². The van der Waals surface area contributed by atoms with Crippen LogP contribution in [-0.2, 0) is 0 Å². The summed E-state index contributed by atoms with van der Waals surface area (Å²) in [6.07, 6.45) is 10.6. The van der Waals surface area contributed by atoms with E-state index in [1.807, 2.05) is 6.92 Å². The third kappa shape index (κ3) is 3.61. The number of aliphatic hydroxyl groups excluding tert-OH is 2. The second-order valence-corrected chi connectivity index (χ2v) is 14.5. The minimum Gasteiger partial charge on any atom is -0.393 e. The van der Waals surface area contributed by atoms with Crippen LogP contribution in [0.2, 0.25) is 0 Å². The molecule has 4 aliphatic carbocycles. The van der Waals surface area contributed by atoms with E-state index < -0.39 is 5.60 Å². The van der Waals surface area contributed by atoms with Crippen LogP contribution in [-0.4, -0.2) is 33.1 Å². The van der Waals surface area contributed by atoms with Crippen molar-refractivity contribution in [2.75, 3.05) is 0 Å². The van der Waals surface area contributed by atoms with Gasteiger partial charge in [-0.05, 0) is 124 Å². The second-order valence-electron chi connectivity index (χ2n) is 14.5. The Kier molecular flexibility index (Phi) is 6.28. The molecular weight excluding hydrogens is 408 g/mol. The van der Waals surface area contributed by atoms with Crippen molar-refractivity contribution in [1.29, 1.82) is 0 Å². The van der Waals surface area contributed by atoms with Crippen LogP contribution >= 0.6 is 0 Å². The summed E-state index contributed by atoms with van der Waals surface area (Å²) in [6, 6.07) is 0. The SMILES string of the molecule is CC(C)=CCCC(C)(O)C1CCC2(C)C1C(O)CC1C3(C)CCC(O)C(C)(C)C3CCC12C. The molecule has 0 aromatic carbocycles. The van der Waals surface area contributed by atoms with E-state index in [0.29, 0.717) is 11.8 Å². The lowest BCUT2D eigenvalue weighted by atomic mass is 9.35. The molecule has 0 aromatic heterocycles. The van der Waals surface area contributed by atoms with E-state index in [0.717, 1.165) is 44.9 Å². The average molecular weight is 461 g/mol. The van der Waals surface area contributed by atoms with Gasteiger partial charge in [-0.2, -0.15) is 0 Å². The molecule has 4 aliphatic rings. The fraction of sp³-hybridized carbons (Fsp3) is 0.933. The molecule has 0 radical (unpaired) electrons. The Morgan fingerprint density at radius 2 is 1.55 bits per heavy atom. The Balaban J connectivity index is 1.66. The zero-order valence-electron chi connectivity index (χ0n) is 22.7. The van der Waals surface area contributed by atoms with Gasteiger partial charge in [-0.1, -0.05) is 46.3 Å². The fourth-order valence-electron chi connectivity index (χ4n) is 10.3. The molecule has 0 amide bonds. The Hall–Kier alpha value is -0.380. The van der Waals surface area contributed by atoms with Crippen LogP contribution < -0.4 is 0 Å². The van der Waals surface area contributed by atoms with Crippen LogP contribution in [0.1, 0.15) is 113 Å². The van der Waals surface area contributed by atoms with Gasteiger partial charge in [-0.15, -0.1) is 0 Å². The van der Waals surface area contributed by atoms with Gasteiger partial charge in [-0.3, -0.25) is 0 Å². The quantitative estimate of drug-likeness (QED) is 0.420. The molecule has 33 heavy (non-hydrogen) atoms. The lowest BCUT2D eigenvalue weighted by molar-refractivity contribution is -0.246. The van der Waals surface area contributed by atoms with Gasteiger partial charge in [0, 0.05) is 0 Å². The van der Waals surface area contributed by atoms with Gasteiger partial charge in [0.2, 0.25) is 0 Å². The van der Waals surface area contributed by atoms with Crippen molar-refractivity contribution < 1.29 is 15.3 Å². The van der Waals surface area contributed by atoms with Gasteiger partial charge < -0.3 is 15.3 Å². The maximum absolute atomic E-state index is 11.8. The number of aliphatic hydroxyl groups is 3. The normalized spacial score (nSPS) is 50.5. The van der Waals surface area contributed by atoms with Crippen molar-refractivity contribution in [2.45, 2.75) is 131 Å². The van der Waals surface area contributed by atoms with Crippen LogP contribution in [0.15, 0.2) is 11.6 Å². The Bertz CT molecular complexity index is 779. The van der Waals surface area contributed by atoms with E-state index in [2.05, 4.69) is 54.5 Å². The van der Waals surface area contributed by atoms with Crippen molar-refractivity contribution >= 4 is 0 Å². The molecule has 0 aliphatic heterocycles. The zero-order valence-corrected chi connectivity index (χ0v) is 22.7. The first-order valence-electron chi connectivity index (χ1n) is 13.8. The summed E-state index contributed by atoms with van der Waals surface area (Å²) >= 11 is 0. The number of hydrogen-bond donors (Lipinski definition) is 3. The van der Waals surface area contributed by atoms with E-state index in [9.17, 15) is 15.3 Å². The standard InChI is InChI=1S/C30H52O3/c1-19(2)10-9-14-30(8,33)20-11-16-29(7)25(20)21(31)18-23-27(5)15-13-24(32)26(3,4)22(27)12-17-28(23,29)6/h10,20-25,31-33H,9,11-18H2,1-8H3. The molecule has 0 bridgehead atoms. The third-order valence-electron chi connectivity index (χ3n) is 12.4. The van der Waals surface area contributed by atoms with Crippen LogP contribution in [0.5, 0.6) is 0 Å². The maximum atomic E-state index is 11.8. The molecule has 0 aromatic rings. The lowest BCUT2D eigenvalue weighted by Gasteiger charge is -2.70. The van der Waals surface area contributed by atoms with E-state index in [1.54, 1.807) is 0 Å². The van der Waals surface area contributed by atoms with Crippen molar-refractivity contribution in [3.63, 3.8) is 0 Å². The van der Waals surface area contributed by atoms with Gasteiger partial charge in [0.1, 0.15) is 0 Å². The van der Waals surface area contributed by atoms with Gasteiger partial charge >= 0.3 is 0 Å². The zero-order chi connectivity index (χ0) is 24.6. The van der Waals surface area contributed by atoms with Crippen molar-refractivity contribution in [3.05, 3.63) is 11.6 Å². The summed E-state index contributed by atoms with van der Waals surface area (Å²) in [5.41, 5.74) is 0.885. The van der Waals surface area contributed by atoms with Crippen LogP contribution in [0.3, 0.4) is 0 Å². The Morgan fingerprint density at radius 3 is 2.18 bits per heavy atom. The summed E-state index contributed by atoms with van der Waals surface area (Å²) < 4.78 is 0. The minimum absolute atomic E-state index is 0.0503. The molecule has 10 atom stereocenters. The van der Waals surface area contributed by atoms with Crippen LogP contribution in [0, 0.1) is 45.3 Å². The molecule has 4 fully saturated rings. The summed E-state index contributed by atoms with van der Waals surface area (Å²) in [4.78, 5) is 0. The molecule has 10 unspecified atom stereocenters. The monoisotopic (exact) mass is 460 g/mol. The highest BCUT2D eigenvalue weighted by Crippen LogP contribution is 2.75. The summed E-state index contributed by atoms with van der Waals surface area (Å²) in [5.74, 6) is 1.31. The van der Waals surface area contributed by atoms with Crippen molar-refractivity contribution in [2.24, 2.45) is 45.3 Å². The Labute approximate surface area is 203 Å². The summed E-state index contributed by atoms with van der Waals surface area (Å²) in [5, 5.41) is 34.3. The number of hydrogen-bond acceptors (Lipinski definition) is 3. The molecule has 3 heteroatoms. The predicted octanol–water partition coefficient (Wildman–Crippen LogP) is 6.50. The molecule has 0 saturated heterocycles. The van der Waals surface area contributed by atoms with E-state index in [1.165, 1.54) is 18.4 Å². The molecule has 190 valence electrons. The molecular formula is C30H52O3. The molecule has 4 rings (SSSR count). The van der Waals surface area contributed by atoms with Gasteiger partial charge in [0.05, 0.1) is 17.8 Å². The Morgan fingerprint density at radius 1 is 0.909 bits per heavy atom. The summed E-state index contributed by atoms with van der Waals surface area (Å²) in [6.45, 7) is 18.3. The summed E-state index contributed by atoms with van der Waals surface area (Å²) in [7, 11) is 0. The molecule has 0 heterocycles. The second kappa shape index (κ2) is 8.07. The molecule has 0 spiro atoms. The highest BCUT2D eigenvalue weighted by atomic mass is 16.3. The molecule has 3 nitrogen and oxygen atoms in total. The maximum Gasteiger partial charge on any atom is 0.0654 e. The fourth-order valence-corrected chi connectivity index (χ4v) is 10.3. The van der Waals surface area contributed by atoms with Crippen molar-refractivity contribution in [1.82, 2.24) is 0 Å². The number of rotatable bonds is 4. The number of fused-ring (bicyclic) bond motifs is 5. The minimum atomic E-state index is -0.739. The first kappa shape index (κ1) is 25.7. The van der Waals surface area contributed by atoms with E-state index >= 15 is 0 Å². The van der Waals surface area contributed by atoms with Gasteiger partial charge in [0.15, 0.2) is 0 Å². The highest BCUT2D eigenvalue weighted by Gasteiger charge is 2.71. The van der Waals surface area contributed by atoms with Crippen LogP contribution in [0.4, 0.5) is 0 Å². The largest absolute Gasteiger partial charge is 0.393 e. The molecule has 4 saturated carbocycles. The highest BCUT2D eigenvalue weighted by molar-refractivity contribution is 5.20. The molecule has 3 N–H and O–H groups in total. The van der Waals surface area contributed by atoms with Gasteiger partial charge in [-0.25, -0.2) is 0 Å². The smallest absolute Gasteiger partial charge is 0.0654 e. The predicted molar refractivity (Wildman–Crippen MR) is 136 cm³/mol. The lowest BCUT2D eigenvalue weighted by Crippen LogP contribution is -2.66. The van der Waals surface area contributed by atoms with Crippen LogP contribution in [0.25, 0.3) is 0 Å². The first-order chi connectivity index (χ1) is 15.1. The number of allylic oxidation sites excluding steroid dienone is 2.